The van der Waals surface area contributed by atoms with Gasteiger partial charge in [0, 0.05) is 19.6 Å². The molecule has 1 aliphatic heterocycles. The molecule has 25 heavy (non-hydrogen) atoms. The Bertz CT molecular complexity index is 594. The van der Waals surface area contributed by atoms with Gasteiger partial charge in [-0.2, -0.15) is 0 Å². The number of hydrogen-bond donors (Lipinski definition) is 2. The highest BCUT2D eigenvalue weighted by Crippen LogP contribution is 2.30. The van der Waals surface area contributed by atoms with Gasteiger partial charge in [-0.05, 0) is 51.2 Å². The van der Waals surface area contributed by atoms with Crippen molar-refractivity contribution in [2.75, 3.05) is 47.4 Å². The van der Waals surface area contributed by atoms with Crippen molar-refractivity contribution in [2.24, 2.45) is 5.73 Å². The summed E-state index contributed by atoms with van der Waals surface area (Å²) < 4.78 is 10.7. The average Bonchev–Trinajstić information content (AvgIpc) is 2.52. The Kier molecular flexibility index (Phi) is 6.64. The summed E-state index contributed by atoms with van der Waals surface area (Å²) in [6.45, 7) is 2.81. The van der Waals surface area contributed by atoms with Crippen molar-refractivity contribution in [3.8, 4) is 11.5 Å². The van der Waals surface area contributed by atoms with Crippen molar-refractivity contribution < 1.29 is 19.4 Å². The highest BCUT2D eigenvalue weighted by Gasteiger charge is 2.33. The van der Waals surface area contributed by atoms with Crippen LogP contribution in [0.15, 0.2) is 18.2 Å². The third-order valence-corrected chi connectivity index (χ3v) is 4.25. The predicted octanol–water partition coefficient (Wildman–Crippen LogP) is 0.448. The third-order valence-electron chi connectivity index (χ3n) is 4.25. The second-order valence-corrected chi connectivity index (χ2v) is 7.02. The number of nitrogens with two attached hydrogens (primary N) is 1. The Morgan fingerprint density at radius 3 is 2.80 bits per heavy atom. The maximum absolute atomic E-state index is 10.9. The van der Waals surface area contributed by atoms with Gasteiger partial charge in [-0.3, -0.25) is 9.69 Å². The normalized spacial score (nSPS) is 21.3. The van der Waals surface area contributed by atoms with Crippen LogP contribution in [-0.2, 0) is 11.3 Å². The fourth-order valence-electron chi connectivity index (χ4n) is 3.40. The number of ether oxygens (including phenoxy) is 2. The van der Waals surface area contributed by atoms with Gasteiger partial charge >= 0.3 is 0 Å². The molecule has 7 heteroatoms. The first-order valence-electron chi connectivity index (χ1n) is 8.49. The smallest absolute Gasteiger partial charge is 0.255 e. The second-order valence-electron chi connectivity index (χ2n) is 7.02. The molecule has 140 valence electrons. The van der Waals surface area contributed by atoms with E-state index in [1.54, 1.807) is 13.2 Å². The van der Waals surface area contributed by atoms with E-state index in [2.05, 4.69) is 4.90 Å². The molecule has 0 radical (unpaired) electrons. The number of hydrogen-bond acceptors (Lipinski definition) is 6. The van der Waals surface area contributed by atoms with Crippen molar-refractivity contribution in [2.45, 2.75) is 25.0 Å². The molecule has 1 amide bonds. The van der Waals surface area contributed by atoms with E-state index in [9.17, 15) is 9.90 Å². The molecule has 1 heterocycles. The number of benzene rings is 1. The van der Waals surface area contributed by atoms with Crippen LogP contribution in [0.3, 0.4) is 0 Å². The van der Waals surface area contributed by atoms with Gasteiger partial charge in [0.1, 0.15) is 0 Å². The minimum absolute atomic E-state index is 0.181. The molecule has 0 bridgehead atoms. The van der Waals surface area contributed by atoms with Crippen LogP contribution in [0.2, 0.25) is 0 Å². The molecule has 0 unspecified atom stereocenters. The molecule has 0 aromatic heterocycles. The van der Waals surface area contributed by atoms with Crippen LogP contribution in [0.4, 0.5) is 0 Å². The predicted molar refractivity (Wildman–Crippen MR) is 95.7 cm³/mol. The number of aliphatic hydroxyl groups is 1. The maximum Gasteiger partial charge on any atom is 0.255 e. The van der Waals surface area contributed by atoms with Crippen molar-refractivity contribution in [1.29, 1.82) is 0 Å². The fraction of sp³-hybridized carbons (Fsp3) is 0.611. The monoisotopic (exact) mass is 351 g/mol. The van der Waals surface area contributed by atoms with E-state index in [0.29, 0.717) is 24.6 Å². The number of methoxy groups -OCH3 is 1. The number of piperidine rings is 1. The molecular formula is C18H29N3O4. The van der Waals surface area contributed by atoms with Gasteiger partial charge in [-0.15, -0.1) is 0 Å². The van der Waals surface area contributed by atoms with Gasteiger partial charge in [0.15, 0.2) is 18.1 Å². The summed E-state index contributed by atoms with van der Waals surface area (Å²) in [5.74, 6) is 0.534. The van der Waals surface area contributed by atoms with E-state index < -0.39 is 11.5 Å². The molecule has 1 aliphatic rings. The van der Waals surface area contributed by atoms with E-state index in [-0.39, 0.29) is 6.61 Å². The summed E-state index contributed by atoms with van der Waals surface area (Å²) in [6.07, 6.45) is 1.80. The molecule has 0 spiro atoms. The van der Waals surface area contributed by atoms with Gasteiger partial charge in [0.05, 0.1) is 12.7 Å². The van der Waals surface area contributed by atoms with Crippen molar-refractivity contribution in [1.82, 2.24) is 9.80 Å². The summed E-state index contributed by atoms with van der Waals surface area (Å²) >= 11 is 0. The Labute approximate surface area is 149 Å². The van der Waals surface area contributed by atoms with E-state index in [1.165, 1.54) is 0 Å². The molecular weight excluding hydrogens is 322 g/mol. The molecule has 0 saturated carbocycles. The summed E-state index contributed by atoms with van der Waals surface area (Å²) in [6, 6.07) is 5.63. The zero-order valence-corrected chi connectivity index (χ0v) is 15.3. The molecule has 0 aliphatic carbocycles. The lowest BCUT2D eigenvalue weighted by atomic mass is 9.92. The van der Waals surface area contributed by atoms with Gasteiger partial charge in [-0.1, -0.05) is 6.07 Å². The Hall–Kier alpha value is -1.83. The SMILES string of the molecule is COc1cc(CN2CCC[C@@](O)(CN(C)C)C2)ccc1OCC(N)=O. The van der Waals surface area contributed by atoms with Crippen LogP contribution in [0, 0.1) is 0 Å². The Balaban J connectivity index is 2.03. The summed E-state index contributed by atoms with van der Waals surface area (Å²) in [5.41, 5.74) is 5.50. The quantitative estimate of drug-likeness (QED) is 0.707. The number of likely N-dealkylation sites (tertiary alicyclic amines) is 1. The Morgan fingerprint density at radius 2 is 2.16 bits per heavy atom. The number of rotatable bonds is 8. The molecule has 1 aromatic rings. The number of amides is 1. The number of primary amides is 1. The molecule has 1 saturated heterocycles. The van der Waals surface area contributed by atoms with Crippen LogP contribution >= 0.6 is 0 Å². The van der Waals surface area contributed by atoms with E-state index in [4.69, 9.17) is 15.2 Å². The standard InChI is InChI=1S/C18H29N3O4/c1-20(2)12-18(23)7-4-8-21(13-18)10-14-5-6-15(16(9-14)24-3)25-11-17(19)22/h5-6,9,23H,4,7-8,10-13H2,1-3H3,(H2,19,22)/t18-/m1/s1. The van der Waals surface area contributed by atoms with Gasteiger partial charge in [0.2, 0.25) is 0 Å². The highest BCUT2D eigenvalue weighted by molar-refractivity contribution is 5.75. The zero-order chi connectivity index (χ0) is 18.4. The van der Waals surface area contributed by atoms with Crippen molar-refractivity contribution in [3.63, 3.8) is 0 Å². The summed E-state index contributed by atoms with van der Waals surface area (Å²) in [4.78, 5) is 15.1. The molecule has 7 nitrogen and oxygen atoms in total. The molecule has 2 rings (SSSR count). The third kappa shape index (κ3) is 5.88. The van der Waals surface area contributed by atoms with Crippen LogP contribution in [0.1, 0.15) is 18.4 Å². The highest BCUT2D eigenvalue weighted by atomic mass is 16.5. The largest absolute Gasteiger partial charge is 0.493 e. The molecule has 1 atom stereocenters. The zero-order valence-electron chi connectivity index (χ0n) is 15.3. The fourth-order valence-corrected chi connectivity index (χ4v) is 3.40. The van der Waals surface area contributed by atoms with Crippen LogP contribution in [-0.4, -0.2) is 73.9 Å². The summed E-state index contributed by atoms with van der Waals surface area (Å²) in [7, 11) is 5.52. The van der Waals surface area contributed by atoms with E-state index >= 15 is 0 Å². The minimum atomic E-state index is -0.670. The number of likely N-dealkylation sites (N-methyl/N-ethyl adjacent to an activating group) is 1. The molecule has 1 fully saturated rings. The van der Waals surface area contributed by atoms with Crippen LogP contribution in [0.25, 0.3) is 0 Å². The first-order chi connectivity index (χ1) is 11.8. The Morgan fingerprint density at radius 1 is 1.40 bits per heavy atom. The van der Waals surface area contributed by atoms with Crippen LogP contribution < -0.4 is 15.2 Å². The number of carbonyl (C=O) groups excluding carboxylic acids is 1. The van der Waals surface area contributed by atoms with Crippen molar-refractivity contribution in [3.05, 3.63) is 23.8 Å². The van der Waals surface area contributed by atoms with E-state index in [1.807, 2.05) is 31.1 Å². The summed E-state index contributed by atoms with van der Waals surface area (Å²) in [5, 5.41) is 10.8. The van der Waals surface area contributed by atoms with Gasteiger partial charge in [0.25, 0.3) is 5.91 Å². The topological polar surface area (TPSA) is 88.3 Å². The maximum atomic E-state index is 10.9. The molecule has 1 aromatic carbocycles. The van der Waals surface area contributed by atoms with Gasteiger partial charge in [-0.25, -0.2) is 0 Å². The number of carbonyl (C=O) groups is 1. The second kappa shape index (κ2) is 8.51. The van der Waals surface area contributed by atoms with E-state index in [0.717, 1.165) is 31.5 Å². The first-order valence-corrected chi connectivity index (χ1v) is 8.49. The first kappa shape index (κ1) is 19.5. The van der Waals surface area contributed by atoms with Crippen LogP contribution in [0.5, 0.6) is 11.5 Å². The molecule has 3 N–H and O–H groups in total. The average molecular weight is 351 g/mol. The van der Waals surface area contributed by atoms with Crippen molar-refractivity contribution >= 4 is 5.91 Å². The number of nitrogens with zero attached hydrogens (tertiary/aromatic N) is 2. The number of β-amino-alcohol motifs (C(OH)–C–C–N with tert-alkyl or cyclic N) is 1. The lowest BCUT2D eigenvalue weighted by Gasteiger charge is -2.40. The lowest BCUT2D eigenvalue weighted by molar-refractivity contribution is -0.119. The lowest BCUT2D eigenvalue weighted by Crippen LogP contribution is -2.52. The van der Waals surface area contributed by atoms with Gasteiger partial charge < -0.3 is 25.2 Å². The minimum Gasteiger partial charge on any atom is -0.493 e.